The number of benzene rings is 2. The summed E-state index contributed by atoms with van der Waals surface area (Å²) in [4.78, 5) is 0. The zero-order chi connectivity index (χ0) is 12.4. The van der Waals surface area contributed by atoms with Gasteiger partial charge in [0.15, 0.2) is 0 Å². The number of hydrogen-bond acceptors (Lipinski definition) is 2. The van der Waals surface area contributed by atoms with Crippen LogP contribution in [0.2, 0.25) is 5.02 Å². The van der Waals surface area contributed by atoms with E-state index in [2.05, 4.69) is 5.32 Å². The Bertz CT molecular complexity index is 538. The van der Waals surface area contributed by atoms with E-state index in [0.717, 1.165) is 12.1 Å². The highest BCUT2D eigenvalue weighted by molar-refractivity contribution is 6.33. The minimum absolute atomic E-state index is 0.237. The molecule has 88 valence electrons. The first-order valence-electron chi connectivity index (χ1n) is 4.84. The number of rotatable bonds is 2. The van der Waals surface area contributed by atoms with Crippen molar-refractivity contribution in [3.8, 4) is 0 Å². The molecule has 0 aliphatic carbocycles. The Labute approximate surface area is 102 Å². The van der Waals surface area contributed by atoms with Gasteiger partial charge in [0.2, 0.25) is 0 Å². The fourth-order valence-electron chi connectivity index (χ4n) is 1.38. The van der Waals surface area contributed by atoms with E-state index in [1.807, 2.05) is 0 Å². The third-order valence-corrected chi connectivity index (χ3v) is 2.53. The highest BCUT2D eigenvalue weighted by Gasteiger charge is 2.10. The van der Waals surface area contributed by atoms with Crippen molar-refractivity contribution in [3.05, 3.63) is 53.1 Å². The normalized spacial score (nSPS) is 10.3. The van der Waals surface area contributed by atoms with Crippen LogP contribution in [0.1, 0.15) is 0 Å². The first kappa shape index (κ1) is 11.7. The van der Waals surface area contributed by atoms with Crippen LogP contribution in [0.4, 0.5) is 25.8 Å². The maximum absolute atomic E-state index is 13.4. The molecule has 0 fully saturated rings. The van der Waals surface area contributed by atoms with E-state index in [9.17, 15) is 8.78 Å². The van der Waals surface area contributed by atoms with Crippen LogP contribution in [0.15, 0.2) is 36.4 Å². The maximum Gasteiger partial charge on any atom is 0.149 e. The second kappa shape index (κ2) is 4.59. The van der Waals surface area contributed by atoms with Gasteiger partial charge in [-0.2, -0.15) is 0 Å². The van der Waals surface area contributed by atoms with Crippen molar-refractivity contribution in [2.24, 2.45) is 0 Å². The predicted molar refractivity (Wildman–Crippen MR) is 65.5 cm³/mol. The van der Waals surface area contributed by atoms with Crippen molar-refractivity contribution in [3.63, 3.8) is 0 Å². The van der Waals surface area contributed by atoms with Crippen LogP contribution in [0.25, 0.3) is 0 Å². The Kier molecular flexibility index (Phi) is 3.15. The van der Waals surface area contributed by atoms with Crippen molar-refractivity contribution < 1.29 is 8.78 Å². The SMILES string of the molecule is Nc1ccc(Nc2c(F)cccc2F)c(Cl)c1. The van der Waals surface area contributed by atoms with Gasteiger partial charge in [0.05, 0.1) is 10.7 Å². The second-order valence-corrected chi connectivity index (χ2v) is 3.87. The summed E-state index contributed by atoms with van der Waals surface area (Å²) in [5, 5.41) is 2.90. The molecule has 0 bridgehead atoms. The van der Waals surface area contributed by atoms with Gasteiger partial charge < -0.3 is 11.1 Å². The molecule has 0 saturated heterocycles. The van der Waals surface area contributed by atoms with Crippen molar-refractivity contribution in [2.45, 2.75) is 0 Å². The van der Waals surface area contributed by atoms with E-state index >= 15 is 0 Å². The van der Waals surface area contributed by atoms with Crippen molar-refractivity contribution in [1.82, 2.24) is 0 Å². The van der Waals surface area contributed by atoms with Crippen LogP contribution >= 0.6 is 11.6 Å². The zero-order valence-electron chi connectivity index (χ0n) is 8.68. The Balaban J connectivity index is 2.38. The van der Waals surface area contributed by atoms with Gasteiger partial charge in [-0.15, -0.1) is 0 Å². The van der Waals surface area contributed by atoms with Gasteiger partial charge in [-0.05, 0) is 30.3 Å². The summed E-state index contributed by atoms with van der Waals surface area (Å²) < 4.78 is 26.8. The molecule has 2 nitrogen and oxygen atoms in total. The fraction of sp³-hybridized carbons (Fsp3) is 0. The largest absolute Gasteiger partial charge is 0.399 e. The standard InChI is InChI=1S/C12H9ClF2N2/c13-8-6-7(16)4-5-11(8)17-12-9(14)2-1-3-10(12)15/h1-6,17H,16H2. The third-order valence-electron chi connectivity index (χ3n) is 2.22. The van der Waals surface area contributed by atoms with Gasteiger partial charge in [-0.25, -0.2) is 8.78 Å². The molecule has 2 aromatic rings. The average Bonchev–Trinajstić information content (AvgIpc) is 2.26. The molecule has 0 saturated carbocycles. The summed E-state index contributed by atoms with van der Waals surface area (Å²) in [6, 6.07) is 8.27. The van der Waals surface area contributed by atoms with Gasteiger partial charge in [0.25, 0.3) is 0 Å². The Morgan fingerprint density at radius 2 is 1.71 bits per heavy atom. The lowest BCUT2D eigenvalue weighted by Gasteiger charge is -2.10. The molecular formula is C12H9ClF2N2. The summed E-state index contributed by atoms with van der Waals surface area (Å²) in [7, 11) is 0. The molecule has 0 amide bonds. The van der Waals surface area contributed by atoms with Crippen LogP contribution in [0.3, 0.4) is 0 Å². The summed E-state index contributed by atoms with van der Waals surface area (Å²) in [5.41, 5.74) is 6.16. The number of halogens is 3. The van der Waals surface area contributed by atoms with Crippen LogP contribution in [-0.4, -0.2) is 0 Å². The molecule has 0 unspecified atom stereocenters. The second-order valence-electron chi connectivity index (χ2n) is 3.46. The maximum atomic E-state index is 13.4. The number of nitrogen functional groups attached to an aromatic ring is 1. The molecule has 2 rings (SSSR count). The van der Waals surface area contributed by atoms with E-state index < -0.39 is 11.6 Å². The molecule has 0 aliphatic rings. The van der Waals surface area contributed by atoms with Crippen LogP contribution in [0, 0.1) is 11.6 Å². The Morgan fingerprint density at radius 3 is 2.29 bits per heavy atom. The zero-order valence-corrected chi connectivity index (χ0v) is 9.43. The minimum Gasteiger partial charge on any atom is -0.399 e. The molecule has 0 heterocycles. The molecule has 0 radical (unpaired) electrons. The van der Waals surface area contributed by atoms with E-state index in [1.54, 1.807) is 12.1 Å². The lowest BCUT2D eigenvalue weighted by Crippen LogP contribution is -1.98. The number of anilines is 3. The molecule has 0 aliphatic heterocycles. The molecule has 17 heavy (non-hydrogen) atoms. The smallest absolute Gasteiger partial charge is 0.149 e. The quantitative estimate of drug-likeness (QED) is 0.797. The lowest BCUT2D eigenvalue weighted by atomic mass is 10.2. The molecule has 0 spiro atoms. The average molecular weight is 255 g/mol. The first-order chi connectivity index (χ1) is 8.08. The first-order valence-corrected chi connectivity index (χ1v) is 5.22. The summed E-state index contributed by atoms with van der Waals surface area (Å²) in [6.45, 7) is 0. The molecule has 2 aromatic carbocycles. The van der Waals surface area contributed by atoms with Gasteiger partial charge in [0, 0.05) is 5.69 Å². The number of para-hydroxylation sites is 1. The molecule has 5 heteroatoms. The van der Waals surface area contributed by atoms with Crippen LogP contribution < -0.4 is 11.1 Å². The predicted octanol–water partition coefficient (Wildman–Crippen LogP) is 3.94. The van der Waals surface area contributed by atoms with E-state index in [0.29, 0.717) is 16.4 Å². The van der Waals surface area contributed by atoms with Crippen LogP contribution in [-0.2, 0) is 0 Å². The van der Waals surface area contributed by atoms with Crippen molar-refractivity contribution in [2.75, 3.05) is 11.1 Å². The van der Waals surface area contributed by atoms with Gasteiger partial charge in [-0.1, -0.05) is 17.7 Å². The Hall–Kier alpha value is -1.81. The van der Waals surface area contributed by atoms with Crippen LogP contribution in [0.5, 0.6) is 0 Å². The molecular weight excluding hydrogens is 246 g/mol. The van der Waals surface area contributed by atoms with E-state index in [1.165, 1.54) is 12.1 Å². The van der Waals surface area contributed by atoms with Gasteiger partial charge >= 0.3 is 0 Å². The number of nitrogens with one attached hydrogen (secondary N) is 1. The third kappa shape index (κ3) is 2.47. The monoisotopic (exact) mass is 254 g/mol. The van der Waals surface area contributed by atoms with Gasteiger partial charge in [0.1, 0.15) is 17.3 Å². The highest BCUT2D eigenvalue weighted by Crippen LogP contribution is 2.29. The van der Waals surface area contributed by atoms with E-state index in [-0.39, 0.29) is 5.69 Å². The van der Waals surface area contributed by atoms with Gasteiger partial charge in [-0.3, -0.25) is 0 Å². The summed E-state index contributed by atoms with van der Waals surface area (Å²) >= 11 is 5.90. The van der Waals surface area contributed by atoms with Crippen molar-refractivity contribution in [1.29, 1.82) is 0 Å². The fourth-order valence-corrected chi connectivity index (χ4v) is 1.62. The van der Waals surface area contributed by atoms with E-state index in [4.69, 9.17) is 17.3 Å². The lowest BCUT2D eigenvalue weighted by molar-refractivity contribution is 0.591. The topological polar surface area (TPSA) is 38.0 Å². The minimum atomic E-state index is -0.683. The summed E-state index contributed by atoms with van der Waals surface area (Å²) in [6.07, 6.45) is 0. The highest BCUT2D eigenvalue weighted by atomic mass is 35.5. The molecule has 0 aromatic heterocycles. The summed E-state index contributed by atoms with van der Waals surface area (Å²) in [5.74, 6) is -1.37. The Morgan fingerprint density at radius 1 is 1.06 bits per heavy atom. The van der Waals surface area contributed by atoms with Crippen molar-refractivity contribution >= 4 is 28.7 Å². The molecule has 0 atom stereocenters. The number of nitrogens with two attached hydrogens (primary N) is 1. The molecule has 3 N–H and O–H groups in total. The number of hydrogen-bond donors (Lipinski definition) is 2.